The third kappa shape index (κ3) is 2.50. The number of amides is 1. The van der Waals surface area contributed by atoms with E-state index in [0.29, 0.717) is 0 Å². The number of benzene rings is 1. The molecule has 0 radical (unpaired) electrons. The fraction of sp³-hybridized carbons (Fsp3) is 0.533. The quantitative estimate of drug-likeness (QED) is 0.762. The molecule has 1 aliphatic rings. The molecule has 1 heterocycles. The zero-order valence-corrected chi connectivity index (χ0v) is 11.7. The lowest BCUT2D eigenvalue weighted by Gasteiger charge is -2.25. The van der Waals surface area contributed by atoms with E-state index in [2.05, 4.69) is 44.3 Å². The van der Waals surface area contributed by atoms with E-state index in [1.165, 1.54) is 5.56 Å². The Bertz CT molecular complexity index is 460. The van der Waals surface area contributed by atoms with Gasteiger partial charge in [-0.05, 0) is 29.5 Å². The Hall–Kier alpha value is -1.51. The Balaban J connectivity index is 2.50. The molecule has 1 aromatic carbocycles. The summed E-state index contributed by atoms with van der Waals surface area (Å²) < 4.78 is 0. The second kappa shape index (κ2) is 4.63. The van der Waals surface area contributed by atoms with Crippen molar-refractivity contribution in [1.82, 2.24) is 0 Å². The molecule has 0 aromatic heterocycles. The van der Waals surface area contributed by atoms with Crippen LogP contribution in [0, 0.1) is 0 Å². The van der Waals surface area contributed by atoms with E-state index < -0.39 is 0 Å². The molecular formula is C15H22N2O. The lowest BCUT2D eigenvalue weighted by molar-refractivity contribution is -0.116. The molecule has 3 heteroatoms. The minimum atomic E-state index is 0.101. The zero-order chi connectivity index (χ0) is 13.3. The second-order valence-corrected chi connectivity index (χ2v) is 5.93. The average molecular weight is 246 g/mol. The van der Waals surface area contributed by atoms with Gasteiger partial charge in [-0.2, -0.15) is 0 Å². The van der Waals surface area contributed by atoms with E-state index in [1.807, 2.05) is 4.90 Å². The SMILES string of the molecule is CC(=O)N1CCCNc2ccc(C(C)(C)C)cc21. The molecule has 0 spiro atoms. The van der Waals surface area contributed by atoms with Crippen molar-refractivity contribution >= 4 is 17.3 Å². The smallest absolute Gasteiger partial charge is 0.223 e. The van der Waals surface area contributed by atoms with E-state index in [9.17, 15) is 4.79 Å². The van der Waals surface area contributed by atoms with Crippen molar-refractivity contribution in [1.29, 1.82) is 0 Å². The van der Waals surface area contributed by atoms with Crippen LogP contribution in [0.25, 0.3) is 0 Å². The van der Waals surface area contributed by atoms with Crippen LogP contribution in [0.4, 0.5) is 11.4 Å². The summed E-state index contributed by atoms with van der Waals surface area (Å²) in [4.78, 5) is 13.7. The molecule has 1 aliphatic heterocycles. The third-order valence-corrected chi connectivity index (χ3v) is 3.41. The van der Waals surface area contributed by atoms with Crippen LogP contribution in [0.3, 0.4) is 0 Å². The van der Waals surface area contributed by atoms with E-state index >= 15 is 0 Å². The number of fused-ring (bicyclic) bond motifs is 1. The summed E-state index contributed by atoms with van der Waals surface area (Å²) in [7, 11) is 0. The van der Waals surface area contributed by atoms with Gasteiger partial charge in [-0.3, -0.25) is 4.79 Å². The fourth-order valence-electron chi connectivity index (χ4n) is 2.28. The fourth-order valence-corrected chi connectivity index (χ4v) is 2.28. The maximum Gasteiger partial charge on any atom is 0.223 e. The van der Waals surface area contributed by atoms with Gasteiger partial charge in [-0.1, -0.05) is 26.8 Å². The van der Waals surface area contributed by atoms with Gasteiger partial charge in [0.1, 0.15) is 0 Å². The van der Waals surface area contributed by atoms with Crippen LogP contribution < -0.4 is 10.2 Å². The first-order valence-electron chi connectivity index (χ1n) is 6.56. The predicted molar refractivity (Wildman–Crippen MR) is 76.3 cm³/mol. The number of nitrogens with zero attached hydrogens (tertiary/aromatic N) is 1. The van der Waals surface area contributed by atoms with Gasteiger partial charge in [-0.25, -0.2) is 0 Å². The summed E-state index contributed by atoms with van der Waals surface area (Å²) in [6.45, 7) is 9.93. The highest BCUT2D eigenvalue weighted by molar-refractivity contribution is 5.95. The summed E-state index contributed by atoms with van der Waals surface area (Å²) >= 11 is 0. The first-order valence-corrected chi connectivity index (χ1v) is 6.56. The normalized spacial score (nSPS) is 15.7. The summed E-state index contributed by atoms with van der Waals surface area (Å²) in [5.41, 5.74) is 3.45. The number of carbonyl (C=O) groups is 1. The van der Waals surface area contributed by atoms with Gasteiger partial charge in [0.2, 0.25) is 5.91 Å². The first kappa shape index (κ1) is 12.9. The van der Waals surface area contributed by atoms with Crippen molar-refractivity contribution in [2.24, 2.45) is 0 Å². The van der Waals surface area contributed by atoms with Gasteiger partial charge in [0, 0.05) is 20.0 Å². The first-order chi connectivity index (χ1) is 8.39. The number of nitrogens with one attached hydrogen (secondary N) is 1. The average Bonchev–Trinajstić information content (AvgIpc) is 2.48. The summed E-state index contributed by atoms with van der Waals surface area (Å²) in [6.07, 6.45) is 0.985. The van der Waals surface area contributed by atoms with E-state index in [1.54, 1.807) is 6.92 Å². The van der Waals surface area contributed by atoms with Crippen LogP contribution >= 0.6 is 0 Å². The van der Waals surface area contributed by atoms with Gasteiger partial charge in [0.05, 0.1) is 11.4 Å². The third-order valence-electron chi connectivity index (χ3n) is 3.41. The largest absolute Gasteiger partial charge is 0.383 e. The Morgan fingerprint density at radius 2 is 2.06 bits per heavy atom. The van der Waals surface area contributed by atoms with Crippen molar-refractivity contribution in [3.8, 4) is 0 Å². The predicted octanol–water partition coefficient (Wildman–Crippen LogP) is 3.15. The van der Waals surface area contributed by atoms with Crippen molar-refractivity contribution in [3.05, 3.63) is 23.8 Å². The molecule has 18 heavy (non-hydrogen) atoms. The Morgan fingerprint density at radius 3 is 2.67 bits per heavy atom. The highest BCUT2D eigenvalue weighted by atomic mass is 16.2. The van der Waals surface area contributed by atoms with Crippen molar-refractivity contribution in [2.75, 3.05) is 23.3 Å². The minimum absolute atomic E-state index is 0.101. The van der Waals surface area contributed by atoms with Crippen LogP contribution in [0.15, 0.2) is 18.2 Å². The van der Waals surface area contributed by atoms with Gasteiger partial charge in [-0.15, -0.1) is 0 Å². The molecule has 0 fully saturated rings. The van der Waals surface area contributed by atoms with Crippen LogP contribution in [-0.4, -0.2) is 19.0 Å². The minimum Gasteiger partial charge on any atom is -0.383 e. The maximum absolute atomic E-state index is 11.8. The van der Waals surface area contributed by atoms with E-state index in [0.717, 1.165) is 30.9 Å². The number of carbonyl (C=O) groups excluding carboxylic acids is 1. The van der Waals surface area contributed by atoms with E-state index in [-0.39, 0.29) is 11.3 Å². The molecule has 3 nitrogen and oxygen atoms in total. The lowest BCUT2D eigenvalue weighted by atomic mass is 9.86. The number of hydrogen-bond donors (Lipinski definition) is 1. The Morgan fingerprint density at radius 1 is 1.33 bits per heavy atom. The van der Waals surface area contributed by atoms with Gasteiger partial charge in [0.15, 0.2) is 0 Å². The molecule has 1 N–H and O–H groups in total. The highest BCUT2D eigenvalue weighted by Crippen LogP contribution is 2.33. The van der Waals surface area contributed by atoms with Gasteiger partial charge in [0.25, 0.3) is 0 Å². The van der Waals surface area contributed by atoms with Crippen LogP contribution in [0.5, 0.6) is 0 Å². The van der Waals surface area contributed by atoms with Crippen molar-refractivity contribution < 1.29 is 4.79 Å². The molecule has 0 atom stereocenters. The monoisotopic (exact) mass is 246 g/mol. The molecule has 0 bridgehead atoms. The number of hydrogen-bond acceptors (Lipinski definition) is 2. The molecule has 2 rings (SSSR count). The molecule has 0 saturated carbocycles. The van der Waals surface area contributed by atoms with Gasteiger partial charge < -0.3 is 10.2 Å². The molecule has 1 amide bonds. The Kier molecular flexibility index (Phi) is 3.33. The molecule has 0 saturated heterocycles. The van der Waals surface area contributed by atoms with E-state index in [4.69, 9.17) is 0 Å². The maximum atomic E-state index is 11.8. The van der Waals surface area contributed by atoms with Gasteiger partial charge >= 0.3 is 0 Å². The molecular weight excluding hydrogens is 224 g/mol. The second-order valence-electron chi connectivity index (χ2n) is 5.93. The van der Waals surface area contributed by atoms with Crippen molar-refractivity contribution in [2.45, 2.75) is 39.5 Å². The molecule has 1 aromatic rings. The zero-order valence-electron chi connectivity index (χ0n) is 11.7. The summed E-state index contributed by atoms with van der Waals surface area (Å²) in [6, 6.07) is 6.39. The highest BCUT2D eigenvalue weighted by Gasteiger charge is 2.21. The standard InChI is InChI=1S/C15H22N2O/c1-11(18)17-9-5-8-16-13-7-6-12(10-14(13)17)15(2,3)4/h6-7,10,16H,5,8-9H2,1-4H3. The van der Waals surface area contributed by atoms with Crippen molar-refractivity contribution in [3.63, 3.8) is 0 Å². The summed E-state index contributed by atoms with van der Waals surface area (Å²) in [5.74, 6) is 0.117. The van der Waals surface area contributed by atoms with Crippen LogP contribution in [-0.2, 0) is 10.2 Å². The number of anilines is 2. The Labute approximate surface area is 109 Å². The lowest BCUT2D eigenvalue weighted by Crippen LogP contribution is -2.29. The summed E-state index contributed by atoms with van der Waals surface area (Å²) in [5, 5.41) is 3.39. The van der Waals surface area contributed by atoms with Crippen LogP contribution in [0.1, 0.15) is 39.7 Å². The van der Waals surface area contributed by atoms with Crippen LogP contribution in [0.2, 0.25) is 0 Å². The molecule has 0 aliphatic carbocycles. The number of rotatable bonds is 0. The molecule has 98 valence electrons. The molecule has 0 unspecified atom stereocenters. The topological polar surface area (TPSA) is 32.3 Å².